The predicted octanol–water partition coefficient (Wildman–Crippen LogP) is 6.60. The topological polar surface area (TPSA) is 231 Å². The summed E-state index contributed by atoms with van der Waals surface area (Å²) >= 11 is 0. The van der Waals surface area contributed by atoms with Crippen molar-refractivity contribution in [3.8, 4) is 0 Å². The third-order valence-corrected chi connectivity index (χ3v) is 12.2. The average Bonchev–Trinajstić information content (AvgIpc) is 3.29. The van der Waals surface area contributed by atoms with Crippen LogP contribution in [0.25, 0.3) is 0 Å². The summed E-state index contributed by atoms with van der Waals surface area (Å²) in [5, 5.41) is 71.9. The molecule has 15 nitrogen and oxygen atoms in total. The molecule has 4 unspecified atom stereocenters. The lowest BCUT2D eigenvalue weighted by atomic mass is 9.98. The molecule has 2 aliphatic heterocycles. The molecule has 376 valence electrons. The van der Waals surface area contributed by atoms with Crippen molar-refractivity contribution in [3.05, 3.63) is 12.2 Å². The number of carbonyl (C=O) groups is 2. The zero-order valence-corrected chi connectivity index (χ0v) is 39.5. The lowest BCUT2D eigenvalue weighted by Crippen LogP contribution is -2.61. The minimum atomic E-state index is -1.76. The van der Waals surface area contributed by atoms with E-state index in [0.717, 1.165) is 44.9 Å². The van der Waals surface area contributed by atoms with E-state index in [1.165, 1.54) is 109 Å². The van der Waals surface area contributed by atoms with Crippen molar-refractivity contribution < 1.29 is 73.8 Å². The number of allylic oxidation sites excluding steroid dienone is 2. The molecule has 0 bridgehead atoms. The molecule has 0 aromatic rings. The van der Waals surface area contributed by atoms with Crippen molar-refractivity contribution in [2.24, 2.45) is 0 Å². The van der Waals surface area contributed by atoms with Crippen LogP contribution in [0.1, 0.15) is 194 Å². The van der Waals surface area contributed by atoms with Crippen molar-refractivity contribution in [1.82, 2.24) is 0 Å². The summed E-state index contributed by atoms with van der Waals surface area (Å²) in [7, 11) is 0. The summed E-state index contributed by atoms with van der Waals surface area (Å²) in [6.07, 6.45) is 18.5. The second-order valence-corrected chi connectivity index (χ2v) is 18.0. The number of aliphatic hydroxyl groups is 7. The van der Waals surface area contributed by atoms with E-state index in [0.29, 0.717) is 12.8 Å². The van der Waals surface area contributed by atoms with Gasteiger partial charge in [-0.15, -0.1) is 0 Å². The molecule has 0 aromatic carbocycles. The zero-order valence-electron chi connectivity index (χ0n) is 39.5. The summed E-state index contributed by atoms with van der Waals surface area (Å²) < 4.78 is 33.4. The first-order chi connectivity index (χ1) is 31.0. The molecule has 11 atom stereocenters. The van der Waals surface area contributed by atoms with Crippen LogP contribution >= 0.6 is 0 Å². The number of carbonyl (C=O) groups excluding carboxylic acids is 2. The Hall–Kier alpha value is -1.76. The first-order valence-electron chi connectivity index (χ1n) is 25.3. The maximum atomic E-state index is 13.0. The van der Waals surface area contributed by atoms with Gasteiger partial charge in [-0.2, -0.15) is 0 Å². The molecule has 64 heavy (non-hydrogen) atoms. The van der Waals surface area contributed by atoms with Crippen LogP contribution in [0, 0.1) is 0 Å². The molecule has 7 N–H and O–H groups in total. The maximum Gasteiger partial charge on any atom is 0.306 e. The van der Waals surface area contributed by atoms with Gasteiger partial charge in [-0.05, 0) is 38.5 Å². The normalized spacial score (nSPS) is 26.6. The number of unbranched alkanes of at least 4 members (excludes halogenated alkanes) is 23. The first-order valence-corrected chi connectivity index (χ1v) is 25.3. The summed E-state index contributed by atoms with van der Waals surface area (Å²) in [5.41, 5.74) is 0. The van der Waals surface area contributed by atoms with Crippen LogP contribution in [0.3, 0.4) is 0 Å². The number of aliphatic hydroxyl groups excluding tert-OH is 7. The largest absolute Gasteiger partial charge is 0.462 e. The molecule has 2 heterocycles. The lowest BCUT2D eigenvalue weighted by molar-refractivity contribution is -0.332. The minimum Gasteiger partial charge on any atom is -0.462 e. The molecule has 15 heteroatoms. The minimum absolute atomic E-state index is 0.168. The van der Waals surface area contributed by atoms with Gasteiger partial charge in [0, 0.05) is 12.8 Å². The monoisotopic (exact) mass is 919 g/mol. The van der Waals surface area contributed by atoms with Gasteiger partial charge < -0.3 is 64.2 Å². The van der Waals surface area contributed by atoms with Gasteiger partial charge in [0.15, 0.2) is 18.7 Å². The van der Waals surface area contributed by atoms with E-state index in [2.05, 4.69) is 26.0 Å². The Bertz CT molecular complexity index is 1170. The Morgan fingerprint density at radius 1 is 0.484 bits per heavy atom. The maximum absolute atomic E-state index is 13.0. The van der Waals surface area contributed by atoms with Gasteiger partial charge in [-0.25, -0.2) is 0 Å². The van der Waals surface area contributed by atoms with Crippen molar-refractivity contribution >= 4 is 11.9 Å². The highest BCUT2D eigenvalue weighted by atomic mass is 16.7. The Labute approximate surface area is 384 Å². The second-order valence-electron chi connectivity index (χ2n) is 18.0. The molecule has 2 fully saturated rings. The molecule has 0 aliphatic carbocycles. The van der Waals surface area contributed by atoms with Crippen molar-refractivity contribution in [3.63, 3.8) is 0 Å². The average molecular weight is 919 g/mol. The van der Waals surface area contributed by atoms with Crippen LogP contribution in [-0.2, 0) is 38.0 Å². The fourth-order valence-corrected chi connectivity index (χ4v) is 8.04. The van der Waals surface area contributed by atoms with Crippen molar-refractivity contribution in [2.45, 2.75) is 261 Å². The Morgan fingerprint density at radius 2 is 0.891 bits per heavy atom. The standard InChI is InChI=1S/C49H90O15/c1-3-5-7-9-11-12-13-14-15-16-17-18-19-20-21-22-23-24-26-28-30-32-41(52)62-37(34-59-40(51)31-29-27-25-10-8-6-4-2)35-60-48-47(58)45(56)43(54)39(64-48)36-61-49-46(57)44(55)42(53)38(33-50)63-49/h14-15,37-39,42-50,53-58H,3-13,16-36H2,1-2H3/b15-14+/t37-,38+,39+,42-,43-,44?,45?,46?,47?,48+,49+/m1/s1. The lowest BCUT2D eigenvalue weighted by Gasteiger charge is -2.42. The molecular formula is C49H90O15. The third-order valence-electron chi connectivity index (χ3n) is 12.2. The molecule has 0 amide bonds. The highest BCUT2D eigenvalue weighted by Crippen LogP contribution is 2.26. The van der Waals surface area contributed by atoms with E-state index < -0.39 is 92.7 Å². The molecule has 0 spiro atoms. The molecule has 0 radical (unpaired) electrons. The van der Waals surface area contributed by atoms with Crippen LogP contribution in [0.15, 0.2) is 12.2 Å². The SMILES string of the molecule is CCCCCCCC/C=C/CCCCCCCCCCCCCC(=O)O[C@H](COC(=O)CCCCCCCCC)CO[C@H]1O[C@@H](CO[C@H]2O[C@@H](CO)[C@@H](O)C(O)C2O)[C@@H](O)C(O)C1O. The van der Waals surface area contributed by atoms with Crippen LogP contribution < -0.4 is 0 Å². The molecule has 2 aliphatic rings. The fourth-order valence-electron chi connectivity index (χ4n) is 8.04. The highest BCUT2D eigenvalue weighted by Gasteiger charge is 2.47. The van der Waals surface area contributed by atoms with Gasteiger partial charge in [0.25, 0.3) is 0 Å². The van der Waals surface area contributed by atoms with Gasteiger partial charge in [0.05, 0.1) is 19.8 Å². The summed E-state index contributed by atoms with van der Waals surface area (Å²) in [5.74, 6) is -0.925. The van der Waals surface area contributed by atoms with Gasteiger partial charge >= 0.3 is 11.9 Å². The Kier molecular flexibility index (Phi) is 34.0. The number of ether oxygens (including phenoxy) is 6. The molecule has 0 aromatic heterocycles. The van der Waals surface area contributed by atoms with Crippen LogP contribution in [-0.4, -0.2) is 142 Å². The van der Waals surface area contributed by atoms with E-state index in [1.54, 1.807) is 0 Å². The van der Waals surface area contributed by atoms with E-state index >= 15 is 0 Å². The molecule has 2 rings (SSSR count). The molecular weight excluding hydrogens is 829 g/mol. The third kappa shape index (κ3) is 25.4. The quantitative estimate of drug-likeness (QED) is 0.0196. The smallest absolute Gasteiger partial charge is 0.306 e. The van der Waals surface area contributed by atoms with E-state index in [-0.39, 0.29) is 26.1 Å². The number of hydrogen-bond donors (Lipinski definition) is 7. The fraction of sp³-hybridized carbons (Fsp3) is 0.918. The van der Waals surface area contributed by atoms with Crippen molar-refractivity contribution in [1.29, 1.82) is 0 Å². The second kappa shape index (κ2) is 37.2. The van der Waals surface area contributed by atoms with Gasteiger partial charge in [-0.1, -0.05) is 154 Å². The van der Waals surface area contributed by atoms with Crippen LogP contribution in [0.5, 0.6) is 0 Å². The van der Waals surface area contributed by atoms with Gasteiger partial charge in [0.2, 0.25) is 0 Å². The molecule has 2 saturated heterocycles. The van der Waals surface area contributed by atoms with E-state index in [4.69, 9.17) is 28.4 Å². The summed E-state index contributed by atoms with van der Waals surface area (Å²) in [4.78, 5) is 25.6. The number of esters is 2. The number of hydrogen-bond acceptors (Lipinski definition) is 15. The Morgan fingerprint density at radius 3 is 1.38 bits per heavy atom. The first kappa shape index (κ1) is 58.4. The zero-order chi connectivity index (χ0) is 46.8. The van der Waals surface area contributed by atoms with Crippen molar-refractivity contribution in [2.75, 3.05) is 26.4 Å². The van der Waals surface area contributed by atoms with Crippen LogP contribution in [0.4, 0.5) is 0 Å². The van der Waals surface area contributed by atoms with E-state index in [9.17, 15) is 45.3 Å². The highest BCUT2D eigenvalue weighted by molar-refractivity contribution is 5.70. The Balaban J connectivity index is 1.74. The predicted molar refractivity (Wildman–Crippen MR) is 243 cm³/mol. The molecule has 0 saturated carbocycles. The van der Waals surface area contributed by atoms with Crippen LogP contribution in [0.2, 0.25) is 0 Å². The van der Waals surface area contributed by atoms with E-state index in [1.807, 2.05) is 0 Å². The van der Waals surface area contributed by atoms with Gasteiger partial charge in [-0.3, -0.25) is 9.59 Å². The summed E-state index contributed by atoms with van der Waals surface area (Å²) in [6.45, 7) is 2.54. The number of rotatable bonds is 39. The summed E-state index contributed by atoms with van der Waals surface area (Å²) in [6, 6.07) is 0. The van der Waals surface area contributed by atoms with Gasteiger partial charge in [0.1, 0.15) is 55.4 Å².